The Balaban J connectivity index is 2.19. The number of carbonyl (C=O) groups excluding carboxylic acids is 2. The first kappa shape index (κ1) is 19.6. The summed E-state index contributed by atoms with van der Waals surface area (Å²) in [6, 6.07) is 4.12. The number of carbonyl (C=O) groups is 2. The third-order valence-corrected chi connectivity index (χ3v) is 5.65. The minimum Gasteiger partial charge on any atom is -0.427 e. The second-order valence-electron chi connectivity index (χ2n) is 8.19. The zero-order valence-electron chi connectivity index (χ0n) is 17.1. The van der Waals surface area contributed by atoms with Gasteiger partial charge >= 0.3 is 5.97 Å². The largest absolute Gasteiger partial charge is 0.427 e. The van der Waals surface area contributed by atoms with Crippen molar-refractivity contribution in [3.63, 3.8) is 0 Å². The van der Waals surface area contributed by atoms with Gasteiger partial charge in [-0.1, -0.05) is 31.5 Å². The van der Waals surface area contributed by atoms with Crippen molar-refractivity contribution in [1.82, 2.24) is 5.32 Å². The third kappa shape index (κ3) is 3.41. The van der Waals surface area contributed by atoms with Crippen LogP contribution < -0.4 is 5.32 Å². The molecular formula is C22H29NO4. The summed E-state index contributed by atoms with van der Waals surface area (Å²) in [5.41, 5.74) is 3.85. The van der Waals surface area contributed by atoms with Crippen molar-refractivity contribution in [1.29, 1.82) is 0 Å². The minimum absolute atomic E-state index is 0.0395. The average molecular weight is 371 g/mol. The standard InChI is InChI=1S/C22H29NO4/c1-12(2)21(25)27-19-18(17-14(4)9-13(3)10-15(17)5)20(24)23-22(19)8-7-16(11-22)26-6/h9-10,12,16H,7-8,11H2,1-6H3,(H,23,24)/t16-,22+/m1/s1. The molecule has 0 unspecified atom stereocenters. The van der Waals surface area contributed by atoms with Crippen LogP contribution in [0.15, 0.2) is 17.9 Å². The molecule has 0 bridgehead atoms. The van der Waals surface area contributed by atoms with Gasteiger partial charge in [0.05, 0.1) is 17.6 Å². The summed E-state index contributed by atoms with van der Waals surface area (Å²) in [7, 11) is 1.68. The summed E-state index contributed by atoms with van der Waals surface area (Å²) in [5.74, 6) is -0.290. The lowest BCUT2D eigenvalue weighted by Crippen LogP contribution is -2.43. The van der Waals surface area contributed by atoms with Gasteiger partial charge in [-0.25, -0.2) is 0 Å². The molecule has 3 rings (SSSR count). The molecule has 5 nitrogen and oxygen atoms in total. The molecular weight excluding hydrogens is 342 g/mol. The number of ether oxygens (including phenoxy) is 2. The smallest absolute Gasteiger partial charge is 0.313 e. The SMILES string of the molecule is CO[C@@H]1CC[C@@]2(C1)NC(=O)C(c1c(C)cc(C)cc1C)=C2OC(=O)C(C)C. The number of nitrogens with one attached hydrogen (secondary N) is 1. The molecule has 2 aliphatic rings. The number of benzene rings is 1. The van der Waals surface area contributed by atoms with Crippen LogP contribution >= 0.6 is 0 Å². The molecule has 5 heteroatoms. The first-order valence-corrected chi connectivity index (χ1v) is 9.58. The highest BCUT2D eigenvalue weighted by Crippen LogP contribution is 2.46. The van der Waals surface area contributed by atoms with Crippen molar-refractivity contribution in [2.24, 2.45) is 5.92 Å². The van der Waals surface area contributed by atoms with E-state index < -0.39 is 5.54 Å². The lowest BCUT2D eigenvalue weighted by atomic mass is 9.89. The van der Waals surface area contributed by atoms with Gasteiger partial charge in [0.25, 0.3) is 5.91 Å². The zero-order valence-corrected chi connectivity index (χ0v) is 17.1. The van der Waals surface area contributed by atoms with Crippen LogP contribution in [0.3, 0.4) is 0 Å². The Morgan fingerprint density at radius 2 is 1.85 bits per heavy atom. The summed E-state index contributed by atoms with van der Waals surface area (Å²) < 4.78 is 11.4. The zero-order chi connectivity index (χ0) is 19.9. The predicted molar refractivity (Wildman–Crippen MR) is 104 cm³/mol. The normalized spacial score (nSPS) is 24.9. The van der Waals surface area contributed by atoms with E-state index in [1.165, 1.54) is 0 Å². The van der Waals surface area contributed by atoms with E-state index >= 15 is 0 Å². The number of amides is 1. The molecule has 1 spiro atoms. The number of aryl methyl sites for hydroxylation is 3. The van der Waals surface area contributed by atoms with Gasteiger partial charge in [0, 0.05) is 13.5 Å². The Bertz CT molecular complexity index is 801. The Kier molecular flexibility index (Phi) is 5.17. The molecule has 1 aromatic carbocycles. The second kappa shape index (κ2) is 7.12. The van der Waals surface area contributed by atoms with E-state index in [1.807, 2.05) is 20.8 Å². The highest BCUT2D eigenvalue weighted by Gasteiger charge is 2.52. The van der Waals surface area contributed by atoms with Crippen LogP contribution in [0.1, 0.15) is 55.4 Å². The van der Waals surface area contributed by atoms with E-state index in [0.29, 0.717) is 24.2 Å². The monoisotopic (exact) mass is 371 g/mol. The van der Waals surface area contributed by atoms with Crippen LogP contribution in [0.5, 0.6) is 0 Å². The molecule has 27 heavy (non-hydrogen) atoms. The van der Waals surface area contributed by atoms with Gasteiger partial charge in [-0.2, -0.15) is 0 Å². The topological polar surface area (TPSA) is 64.6 Å². The number of hydrogen-bond donors (Lipinski definition) is 1. The van der Waals surface area contributed by atoms with Gasteiger partial charge in [0.15, 0.2) is 0 Å². The van der Waals surface area contributed by atoms with E-state index in [1.54, 1.807) is 21.0 Å². The fraction of sp³-hybridized carbons (Fsp3) is 0.545. The summed E-state index contributed by atoms with van der Waals surface area (Å²) in [4.78, 5) is 25.6. The fourth-order valence-corrected chi connectivity index (χ4v) is 4.37. The highest BCUT2D eigenvalue weighted by atomic mass is 16.5. The molecule has 0 aromatic heterocycles. The maximum Gasteiger partial charge on any atom is 0.313 e. The van der Waals surface area contributed by atoms with Crippen molar-refractivity contribution in [2.75, 3.05) is 7.11 Å². The Hall–Kier alpha value is -2.14. The number of hydrogen-bond acceptors (Lipinski definition) is 4. The molecule has 0 saturated heterocycles. The van der Waals surface area contributed by atoms with Gasteiger partial charge in [-0.3, -0.25) is 9.59 Å². The van der Waals surface area contributed by atoms with Crippen LogP contribution in [0.2, 0.25) is 0 Å². The van der Waals surface area contributed by atoms with E-state index in [2.05, 4.69) is 17.4 Å². The predicted octanol–water partition coefficient (Wildman–Crippen LogP) is 3.59. The molecule has 1 N–H and O–H groups in total. The second-order valence-corrected chi connectivity index (χ2v) is 8.19. The summed E-state index contributed by atoms with van der Waals surface area (Å²) in [6.45, 7) is 9.63. The van der Waals surface area contributed by atoms with Crippen LogP contribution in [-0.2, 0) is 19.1 Å². The molecule has 1 heterocycles. The Morgan fingerprint density at radius 3 is 2.37 bits per heavy atom. The lowest BCUT2D eigenvalue weighted by Gasteiger charge is -2.27. The highest BCUT2D eigenvalue weighted by molar-refractivity contribution is 6.24. The van der Waals surface area contributed by atoms with E-state index in [4.69, 9.17) is 9.47 Å². The van der Waals surface area contributed by atoms with E-state index in [-0.39, 0.29) is 23.9 Å². The molecule has 1 saturated carbocycles. The van der Waals surface area contributed by atoms with Crippen LogP contribution in [-0.4, -0.2) is 30.6 Å². The molecule has 0 radical (unpaired) electrons. The summed E-state index contributed by atoms with van der Waals surface area (Å²) in [5, 5.41) is 3.14. The van der Waals surface area contributed by atoms with Gasteiger partial charge in [-0.05, 0) is 50.3 Å². The Labute approximate surface area is 161 Å². The molecule has 1 fully saturated rings. The number of esters is 1. The number of methoxy groups -OCH3 is 1. The molecule has 1 aliphatic carbocycles. The van der Waals surface area contributed by atoms with Crippen molar-refractivity contribution in [3.05, 3.63) is 40.1 Å². The number of rotatable bonds is 4. The summed E-state index contributed by atoms with van der Waals surface area (Å²) >= 11 is 0. The molecule has 1 amide bonds. The van der Waals surface area contributed by atoms with Crippen molar-refractivity contribution < 1.29 is 19.1 Å². The van der Waals surface area contributed by atoms with Gasteiger partial charge < -0.3 is 14.8 Å². The molecule has 2 atom stereocenters. The minimum atomic E-state index is -0.665. The van der Waals surface area contributed by atoms with Crippen molar-refractivity contribution in [3.8, 4) is 0 Å². The Morgan fingerprint density at radius 1 is 1.22 bits per heavy atom. The van der Waals surface area contributed by atoms with Crippen LogP contribution in [0.25, 0.3) is 5.57 Å². The molecule has 1 aliphatic heterocycles. The van der Waals surface area contributed by atoms with Crippen LogP contribution in [0.4, 0.5) is 0 Å². The summed E-state index contributed by atoms with van der Waals surface area (Å²) in [6.07, 6.45) is 2.17. The van der Waals surface area contributed by atoms with E-state index in [0.717, 1.165) is 28.7 Å². The van der Waals surface area contributed by atoms with Crippen molar-refractivity contribution in [2.45, 2.75) is 65.5 Å². The van der Waals surface area contributed by atoms with Gasteiger partial charge in [-0.15, -0.1) is 0 Å². The van der Waals surface area contributed by atoms with Crippen LogP contribution in [0, 0.1) is 26.7 Å². The third-order valence-electron chi connectivity index (χ3n) is 5.65. The molecule has 1 aromatic rings. The fourth-order valence-electron chi connectivity index (χ4n) is 4.37. The van der Waals surface area contributed by atoms with E-state index in [9.17, 15) is 9.59 Å². The first-order chi connectivity index (χ1) is 12.7. The van der Waals surface area contributed by atoms with Gasteiger partial charge in [0.1, 0.15) is 11.3 Å². The molecule has 146 valence electrons. The average Bonchev–Trinajstić information content (AvgIpc) is 3.10. The van der Waals surface area contributed by atoms with Crippen molar-refractivity contribution >= 4 is 17.4 Å². The quantitative estimate of drug-likeness (QED) is 0.822. The maximum absolute atomic E-state index is 13.1. The first-order valence-electron chi connectivity index (χ1n) is 9.58. The lowest BCUT2D eigenvalue weighted by molar-refractivity contribution is -0.144. The maximum atomic E-state index is 13.1. The van der Waals surface area contributed by atoms with Gasteiger partial charge in [0.2, 0.25) is 0 Å².